The Morgan fingerprint density at radius 2 is 2.05 bits per heavy atom. The van der Waals surface area contributed by atoms with Crippen LogP contribution in [0.15, 0.2) is 12.4 Å². The van der Waals surface area contributed by atoms with Gasteiger partial charge in [-0.15, -0.1) is 0 Å². The molecular weight excluding hydrogens is 265 g/mol. The molecule has 7 nitrogen and oxygen atoms in total. The van der Waals surface area contributed by atoms with E-state index in [1.807, 2.05) is 0 Å². The lowest BCUT2D eigenvalue weighted by Gasteiger charge is -2.04. The SMILES string of the molecule is CCOc1nc(N)nc(-n2cc(C(F)(F)F)cn2)n1. The van der Waals surface area contributed by atoms with Crippen LogP contribution in [0.3, 0.4) is 0 Å². The van der Waals surface area contributed by atoms with E-state index in [9.17, 15) is 13.2 Å². The number of alkyl halides is 3. The number of aromatic nitrogens is 5. The lowest BCUT2D eigenvalue weighted by atomic mass is 10.4. The minimum absolute atomic E-state index is 0.0749. The number of rotatable bonds is 3. The molecule has 102 valence electrons. The van der Waals surface area contributed by atoms with Gasteiger partial charge < -0.3 is 10.5 Å². The van der Waals surface area contributed by atoms with Gasteiger partial charge in [0.05, 0.1) is 18.4 Å². The number of nitrogens with zero attached hydrogens (tertiary/aromatic N) is 5. The zero-order valence-electron chi connectivity index (χ0n) is 9.72. The summed E-state index contributed by atoms with van der Waals surface area (Å²) in [4.78, 5) is 11.2. The Kier molecular flexibility index (Phi) is 3.23. The Morgan fingerprint density at radius 3 is 2.63 bits per heavy atom. The smallest absolute Gasteiger partial charge is 0.419 e. The standard InChI is InChI=1S/C9H9F3N6O/c1-2-19-8-16-6(13)15-7(17-8)18-4-5(3-14-18)9(10,11)12/h3-4H,2H2,1H3,(H2,13,15,16,17). The van der Waals surface area contributed by atoms with Crippen LogP contribution in [0.1, 0.15) is 12.5 Å². The molecule has 2 aromatic rings. The molecule has 2 aromatic heterocycles. The largest absolute Gasteiger partial charge is 0.464 e. The minimum Gasteiger partial charge on any atom is -0.464 e. The van der Waals surface area contributed by atoms with Gasteiger partial charge in [0.25, 0.3) is 5.95 Å². The van der Waals surface area contributed by atoms with Gasteiger partial charge >= 0.3 is 12.2 Å². The minimum atomic E-state index is -4.49. The molecule has 2 N–H and O–H groups in total. The van der Waals surface area contributed by atoms with E-state index in [-0.39, 0.29) is 24.5 Å². The van der Waals surface area contributed by atoms with E-state index in [1.165, 1.54) is 0 Å². The van der Waals surface area contributed by atoms with E-state index in [2.05, 4.69) is 20.1 Å². The molecule has 0 bridgehead atoms. The summed E-state index contributed by atoms with van der Waals surface area (Å²) in [5.74, 6) is -0.316. The lowest BCUT2D eigenvalue weighted by molar-refractivity contribution is -0.137. The Hall–Kier alpha value is -2.39. The van der Waals surface area contributed by atoms with Gasteiger partial charge in [-0.2, -0.15) is 33.2 Å². The molecular formula is C9H9F3N6O. The van der Waals surface area contributed by atoms with Crippen molar-refractivity contribution in [2.75, 3.05) is 12.3 Å². The van der Waals surface area contributed by atoms with Crippen molar-refractivity contribution in [3.05, 3.63) is 18.0 Å². The van der Waals surface area contributed by atoms with Crippen molar-refractivity contribution in [2.45, 2.75) is 13.1 Å². The van der Waals surface area contributed by atoms with Gasteiger partial charge in [0, 0.05) is 6.20 Å². The van der Waals surface area contributed by atoms with Gasteiger partial charge in [-0.1, -0.05) is 0 Å². The second-order valence-electron chi connectivity index (χ2n) is 3.38. The lowest BCUT2D eigenvalue weighted by Crippen LogP contribution is -2.09. The van der Waals surface area contributed by atoms with Crippen LogP contribution in [0.25, 0.3) is 5.95 Å². The maximum atomic E-state index is 12.4. The van der Waals surface area contributed by atoms with Crippen LogP contribution in [-0.4, -0.2) is 31.3 Å². The molecule has 0 aliphatic rings. The fourth-order valence-corrected chi connectivity index (χ4v) is 1.24. The maximum Gasteiger partial charge on any atom is 0.419 e. The number of hydrogen-bond donors (Lipinski definition) is 1. The van der Waals surface area contributed by atoms with Crippen molar-refractivity contribution in [1.82, 2.24) is 24.7 Å². The molecule has 0 unspecified atom stereocenters. The van der Waals surface area contributed by atoms with Crippen molar-refractivity contribution >= 4 is 5.95 Å². The van der Waals surface area contributed by atoms with Crippen molar-refractivity contribution in [3.8, 4) is 12.0 Å². The van der Waals surface area contributed by atoms with Crippen LogP contribution in [0.4, 0.5) is 19.1 Å². The second kappa shape index (κ2) is 4.71. The van der Waals surface area contributed by atoms with Crippen LogP contribution in [0.5, 0.6) is 6.01 Å². The third kappa shape index (κ3) is 2.89. The normalized spacial score (nSPS) is 11.6. The third-order valence-corrected chi connectivity index (χ3v) is 2.01. The number of nitrogen functional groups attached to an aromatic ring is 1. The summed E-state index contributed by atoms with van der Waals surface area (Å²) < 4.78 is 43.2. The summed E-state index contributed by atoms with van der Waals surface area (Å²) in [5, 5.41) is 3.53. The third-order valence-electron chi connectivity index (χ3n) is 2.01. The molecule has 10 heteroatoms. The van der Waals surface area contributed by atoms with E-state index in [4.69, 9.17) is 10.5 Å². The van der Waals surface area contributed by atoms with Crippen molar-refractivity contribution in [1.29, 1.82) is 0 Å². The number of nitrogens with two attached hydrogens (primary N) is 1. The van der Waals surface area contributed by atoms with Gasteiger partial charge in [-0.05, 0) is 6.92 Å². The van der Waals surface area contributed by atoms with Gasteiger partial charge in [0.2, 0.25) is 5.95 Å². The predicted octanol–water partition coefficient (Wildman–Crippen LogP) is 1.06. The monoisotopic (exact) mass is 274 g/mol. The van der Waals surface area contributed by atoms with E-state index in [0.717, 1.165) is 10.9 Å². The summed E-state index contributed by atoms with van der Waals surface area (Å²) in [6, 6.07) is -0.0749. The molecule has 0 atom stereocenters. The van der Waals surface area contributed by atoms with Gasteiger partial charge in [0.15, 0.2) is 0 Å². The molecule has 0 aromatic carbocycles. The molecule has 0 radical (unpaired) electrons. The topological polar surface area (TPSA) is 91.7 Å². The van der Waals surface area contributed by atoms with Crippen LogP contribution in [0, 0.1) is 0 Å². The second-order valence-corrected chi connectivity index (χ2v) is 3.38. The van der Waals surface area contributed by atoms with Crippen molar-refractivity contribution < 1.29 is 17.9 Å². The van der Waals surface area contributed by atoms with Crippen LogP contribution >= 0.6 is 0 Å². The zero-order valence-corrected chi connectivity index (χ0v) is 9.72. The van der Waals surface area contributed by atoms with Crippen molar-refractivity contribution in [2.24, 2.45) is 0 Å². The molecule has 19 heavy (non-hydrogen) atoms. The molecule has 0 spiro atoms. The fraction of sp³-hybridized carbons (Fsp3) is 0.333. The number of hydrogen-bond acceptors (Lipinski definition) is 6. The Bertz CT molecular complexity index is 582. The van der Waals surface area contributed by atoms with Gasteiger partial charge in [-0.25, -0.2) is 4.68 Å². The molecule has 0 aliphatic carbocycles. The molecule has 2 heterocycles. The number of halogens is 3. The summed E-state index contributed by atoms with van der Waals surface area (Å²) in [6.45, 7) is 1.99. The Balaban J connectivity index is 2.38. The molecule has 0 saturated heterocycles. The van der Waals surface area contributed by atoms with Gasteiger partial charge in [0.1, 0.15) is 0 Å². The predicted molar refractivity (Wildman–Crippen MR) is 57.5 cm³/mol. The molecule has 0 saturated carbocycles. The van der Waals surface area contributed by atoms with E-state index in [1.54, 1.807) is 6.92 Å². The average Bonchev–Trinajstić information content (AvgIpc) is 2.77. The highest BCUT2D eigenvalue weighted by Crippen LogP contribution is 2.28. The van der Waals surface area contributed by atoms with Gasteiger partial charge in [-0.3, -0.25) is 0 Å². The molecule has 0 amide bonds. The number of anilines is 1. The summed E-state index contributed by atoms with van der Waals surface area (Å²) in [6.07, 6.45) is -3.07. The highest BCUT2D eigenvalue weighted by Gasteiger charge is 2.32. The summed E-state index contributed by atoms with van der Waals surface area (Å²) in [5.41, 5.74) is 4.50. The summed E-state index contributed by atoms with van der Waals surface area (Å²) in [7, 11) is 0. The van der Waals surface area contributed by atoms with Crippen LogP contribution in [-0.2, 0) is 6.18 Å². The zero-order chi connectivity index (χ0) is 14.0. The first-order chi connectivity index (χ1) is 8.90. The first kappa shape index (κ1) is 13.1. The fourth-order valence-electron chi connectivity index (χ4n) is 1.24. The first-order valence-corrected chi connectivity index (χ1v) is 5.16. The van der Waals surface area contributed by atoms with Crippen molar-refractivity contribution in [3.63, 3.8) is 0 Å². The first-order valence-electron chi connectivity index (χ1n) is 5.16. The van der Waals surface area contributed by atoms with E-state index in [0.29, 0.717) is 6.20 Å². The Labute approximate surface area is 105 Å². The highest BCUT2D eigenvalue weighted by atomic mass is 19.4. The van der Waals surface area contributed by atoms with E-state index >= 15 is 0 Å². The van der Waals surface area contributed by atoms with Crippen LogP contribution in [0.2, 0.25) is 0 Å². The van der Waals surface area contributed by atoms with Crippen LogP contribution < -0.4 is 10.5 Å². The highest BCUT2D eigenvalue weighted by molar-refractivity contribution is 5.25. The molecule has 0 aliphatic heterocycles. The average molecular weight is 274 g/mol. The maximum absolute atomic E-state index is 12.4. The van der Waals surface area contributed by atoms with E-state index < -0.39 is 11.7 Å². The summed E-state index contributed by atoms with van der Waals surface area (Å²) >= 11 is 0. The molecule has 0 fully saturated rings. The Morgan fingerprint density at radius 1 is 1.32 bits per heavy atom. The quantitative estimate of drug-likeness (QED) is 0.899. The number of ether oxygens (including phenoxy) is 1. The molecule has 2 rings (SSSR count).